The van der Waals surface area contributed by atoms with Gasteiger partial charge in [0.15, 0.2) is 0 Å². The van der Waals surface area contributed by atoms with E-state index in [1.807, 2.05) is 0 Å². The third kappa shape index (κ3) is 5.15. The lowest BCUT2D eigenvalue weighted by Gasteiger charge is -2.35. The number of rotatable bonds is 5. The molecule has 18 rings (SSSR count). The Balaban J connectivity index is 1.03. The summed E-state index contributed by atoms with van der Waals surface area (Å²) in [5, 5.41) is 15.2. The van der Waals surface area contributed by atoms with Crippen molar-refractivity contribution in [3.8, 4) is 44.5 Å². The number of aromatic nitrogens is 2. The predicted molar refractivity (Wildman–Crippen MR) is 324 cm³/mol. The Morgan fingerprint density at radius 3 is 1.10 bits per heavy atom. The lowest BCUT2D eigenvalue weighted by Crippen LogP contribution is -2.29. The van der Waals surface area contributed by atoms with Crippen molar-refractivity contribution in [1.82, 2.24) is 8.80 Å². The number of benzene rings is 13. The Kier molecular flexibility index (Phi) is 8.09. The molecule has 0 saturated carbocycles. The quantitative estimate of drug-likeness (QED) is 0.152. The molecule has 2 nitrogen and oxygen atoms in total. The van der Waals surface area contributed by atoms with Crippen LogP contribution in [0.5, 0.6) is 0 Å². The minimum Gasteiger partial charge on any atom is -0.307 e. The van der Waals surface area contributed by atoms with Crippen LogP contribution < -0.4 is 0 Å². The topological polar surface area (TPSA) is 8.82 Å². The molecule has 17 aromatic rings. The van der Waals surface area contributed by atoms with E-state index in [2.05, 4.69) is 276 Å². The number of hydrogen-bond donors (Lipinski definition) is 0. The van der Waals surface area contributed by atoms with Crippen LogP contribution in [-0.4, -0.2) is 8.80 Å². The monoisotopic (exact) mass is 972 g/mol. The number of hydrogen-bond acceptors (Lipinski definition) is 0. The van der Waals surface area contributed by atoms with Gasteiger partial charge in [0.1, 0.15) is 0 Å². The van der Waals surface area contributed by atoms with Gasteiger partial charge in [0.25, 0.3) is 0 Å². The SMILES string of the molecule is c1ccc(C2(c3ccccc3)c3ccccc3-c3cccc(-c4c5cccc(-c6cccc7c8cccc9c%10ccccc%10n(c67)c98)c5cc5c(-c6cccc7c8cccc9c%10ccccc%10n(c67)c98)cccc45)c32)cc1. The van der Waals surface area contributed by atoms with Crippen LogP contribution >= 0.6 is 0 Å². The van der Waals surface area contributed by atoms with Crippen molar-refractivity contribution in [2.45, 2.75) is 5.41 Å². The fourth-order valence-corrected chi connectivity index (χ4v) is 15.0. The number of nitrogens with zero attached hydrogens (tertiary/aromatic N) is 2. The first-order valence-corrected chi connectivity index (χ1v) is 26.9. The van der Waals surface area contributed by atoms with Crippen molar-refractivity contribution in [1.29, 1.82) is 0 Å². The number of fused-ring (bicyclic) bond motifs is 17. The van der Waals surface area contributed by atoms with Crippen molar-refractivity contribution in [3.63, 3.8) is 0 Å². The summed E-state index contributed by atoms with van der Waals surface area (Å²) in [4.78, 5) is 0. The molecule has 0 unspecified atom stereocenters. The molecule has 0 bridgehead atoms. The van der Waals surface area contributed by atoms with Crippen LogP contribution in [-0.2, 0) is 5.41 Å². The van der Waals surface area contributed by atoms with Crippen molar-refractivity contribution < 1.29 is 0 Å². The molecule has 0 spiro atoms. The Morgan fingerprint density at radius 2 is 0.571 bits per heavy atom. The maximum Gasteiger partial charge on any atom is 0.0719 e. The first kappa shape index (κ1) is 41.3. The lowest BCUT2D eigenvalue weighted by atomic mass is 9.65. The molecule has 4 heterocycles. The molecule has 0 atom stereocenters. The average molecular weight is 973 g/mol. The first-order valence-electron chi connectivity index (χ1n) is 26.9. The van der Waals surface area contributed by atoms with E-state index in [1.54, 1.807) is 0 Å². The lowest BCUT2D eigenvalue weighted by molar-refractivity contribution is 0.770. The van der Waals surface area contributed by atoms with E-state index in [-0.39, 0.29) is 0 Å². The van der Waals surface area contributed by atoms with E-state index in [1.165, 1.54) is 164 Å². The standard InChI is InChI=1S/C75H44N2/c1-3-20-45(21-4-1)75(46-22-5-2-6-23-46)66-41-10-7-24-49(66)54-31-15-40-63(70(54)75)69-52-29-13-27-47(55-32-16-36-59-61-38-18-34-57-50-25-8-11-42-67(50)76(71(55)59)73(57)61)64(52)44-65-48(28-14-30-53(65)69)56-33-17-37-60-62-39-19-35-58-51-26-9-12-43-68(51)77(72(56)60)74(58)62/h1-44H. The molecule has 1 aliphatic rings. The van der Waals surface area contributed by atoms with Gasteiger partial charge in [0.2, 0.25) is 0 Å². The van der Waals surface area contributed by atoms with E-state index < -0.39 is 5.41 Å². The summed E-state index contributed by atoms with van der Waals surface area (Å²) >= 11 is 0. The van der Waals surface area contributed by atoms with Gasteiger partial charge in [0.05, 0.1) is 38.5 Å². The van der Waals surface area contributed by atoms with Gasteiger partial charge in [-0.1, -0.05) is 249 Å². The maximum atomic E-state index is 2.55. The Labute approximate surface area is 443 Å². The smallest absolute Gasteiger partial charge is 0.0719 e. The molecular weight excluding hydrogens is 929 g/mol. The first-order chi connectivity index (χ1) is 38.3. The van der Waals surface area contributed by atoms with Crippen molar-refractivity contribution in [3.05, 3.63) is 289 Å². The fraction of sp³-hybridized carbons (Fsp3) is 0.0133. The average Bonchev–Trinajstić information content (AvgIpc) is 4.49. The van der Waals surface area contributed by atoms with Crippen LogP contribution in [0, 0.1) is 0 Å². The predicted octanol–water partition coefficient (Wildman–Crippen LogP) is 19.7. The maximum absolute atomic E-state index is 2.55. The highest BCUT2D eigenvalue weighted by Crippen LogP contribution is 2.60. The van der Waals surface area contributed by atoms with Crippen LogP contribution in [0.2, 0.25) is 0 Å². The van der Waals surface area contributed by atoms with E-state index in [0.29, 0.717) is 0 Å². The van der Waals surface area contributed by atoms with Crippen molar-refractivity contribution >= 4 is 97.7 Å². The molecule has 4 aromatic heterocycles. The molecule has 0 radical (unpaired) electrons. The van der Waals surface area contributed by atoms with Gasteiger partial charge < -0.3 is 8.80 Å². The van der Waals surface area contributed by atoms with Crippen molar-refractivity contribution in [2.24, 2.45) is 0 Å². The third-order valence-electron chi connectivity index (χ3n) is 17.9. The Hall–Kier alpha value is -10.0. The summed E-state index contributed by atoms with van der Waals surface area (Å²) in [6, 6.07) is 101. The zero-order chi connectivity index (χ0) is 50.1. The van der Waals surface area contributed by atoms with Gasteiger partial charge in [-0.15, -0.1) is 0 Å². The zero-order valence-corrected chi connectivity index (χ0v) is 41.8. The minimum absolute atomic E-state index is 0.617. The minimum atomic E-state index is -0.617. The summed E-state index contributed by atoms with van der Waals surface area (Å²) in [6.45, 7) is 0. The van der Waals surface area contributed by atoms with E-state index in [4.69, 9.17) is 0 Å². The third-order valence-corrected chi connectivity index (χ3v) is 17.9. The van der Waals surface area contributed by atoms with E-state index in [9.17, 15) is 0 Å². The van der Waals surface area contributed by atoms with E-state index in [0.717, 1.165) is 0 Å². The van der Waals surface area contributed by atoms with E-state index >= 15 is 0 Å². The van der Waals surface area contributed by atoms with Crippen LogP contribution in [0.25, 0.3) is 142 Å². The van der Waals surface area contributed by atoms with Crippen molar-refractivity contribution in [2.75, 3.05) is 0 Å². The molecule has 0 aliphatic heterocycles. The second-order valence-corrected chi connectivity index (χ2v) is 21.3. The summed E-state index contributed by atoms with van der Waals surface area (Å²) in [5.74, 6) is 0. The van der Waals surface area contributed by atoms with Crippen LogP contribution in [0.1, 0.15) is 22.3 Å². The van der Waals surface area contributed by atoms with Gasteiger partial charge in [-0.3, -0.25) is 0 Å². The van der Waals surface area contributed by atoms with Crippen LogP contribution in [0.3, 0.4) is 0 Å². The molecule has 0 N–H and O–H groups in total. The molecule has 0 amide bonds. The fourth-order valence-electron chi connectivity index (χ4n) is 15.0. The van der Waals surface area contributed by atoms with Gasteiger partial charge >= 0.3 is 0 Å². The largest absolute Gasteiger partial charge is 0.307 e. The zero-order valence-electron chi connectivity index (χ0n) is 41.8. The Bertz CT molecular complexity index is 5050. The highest BCUT2D eigenvalue weighted by atomic mass is 14.9. The van der Waals surface area contributed by atoms with Gasteiger partial charge in [-0.25, -0.2) is 0 Å². The highest BCUT2D eigenvalue weighted by Gasteiger charge is 2.48. The molecule has 0 fully saturated rings. The van der Waals surface area contributed by atoms with Crippen LogP contribution in [0.15, 0.2) is 267 Å². The van der Waals surface area contributed by atoms with Gasteiger partial charge in [-0.2, -0.15) is 0 Å². The summed E-state index contributed by atoms with van der Waals surface area (Å²) in [7, 11) is 0. The van der Waals surface area contributed by atoms with Gasteiger partial charge in [-0.05, 0) is 95.4 Å². The molecule has 0 saturated heterocycles. The number of para-hydroxylation sites is 6. The summed E-state index contributed by atoms with van der Waals surface area (Å²) in [6.07, 6.45) is 0. The second kappa shape index (κ2) is 15.1. The molecule has 13 aromatic carbocycles. The molecule has 1 aliphatic carbocycles. The molecular formula is C75H44N2. The van der Waals surface area contributed by atoms with Crippen LogP contribution in [0.4, 0.5) is 0 Å². The molecule has 354 valence electrons. The Morgan fingerprint density at radius 1 is 0.221 bits per heavy atom. The molecule has 2 heteroatoms. The highest BCUT2D eigenvalue weighted by molar-refractivity contribution is 6.29. The normalized spacial score (nSPS) is 13.3. The summed E-state index contributed by atoms with van der Waals surface area (Å²) < 4.78 is 5.11. The molecule has 77 heavy (non-hydrogen) atoms. The summed E-state index contributed by atoms with van der Waals surface area (Å²) in [5.41, 5.74) is 22.0. The van der Waals surface area contributed by atoms with Gasteiger partial charge in [0, 0.05) is 54.2 Å². The second-order valence-electron chi connectivity index (χ2n) is 21.3.